The number of nitrogens with one attached hydrogen (secondary N) is 1. The van der Waals surface area contributed by atoms with Crippen molar-refractivity contribution < 1.29 is 4.74 Å². The Hall–Kier alpha value is -0.860. The Balaban J connectivity index is 0.00000243. The molecule has 5 nitrogen and oxygen atoms in total. The predicted octanol–water partition coefficient (Wildman–Crippen LogP) is 2.60. The first-order valence-electron chi connectivity index (χ1n) is 9.54. The van der Waals surface area contributed by atoms with Gasteiger partial charge in [-0.1, -0.05) is 24.3 Å². The number of aliphatic imine (C=N–C) groups is 1. The number of benzene rings is 1. The quantitative estimate of drug-likeness (QED) is 0.299. The largest absolute Gasteiger partial charge is 0.384 e. The number of hydrogen-bond donors (Lipinski definition) is 1. The fraction of sp³-hybridized carbons (Fsp3) is 0.650. The Morgan fingerprint density at radius 2 is 2.08 bits per heavy atom. The van der Waals surface area contributed by atoms with Crippen molar-refractivity contribution in [2.24, 2.45) is 10.9 Å². The van der Waals surface area contributed by atoms with Crippen molar-refractivity contribution in [2.75, 3.05) is 53.5 Å². The standard InChI is InChI=1S/C20H32N4O.HI/c1-21-20(24-13-8-17(14-24)16-25-2)22-10-5-11-23-12-9-18-6-3-4-7-19(18)15-23;/h3-4,6-7,17H,5,8-16H2,1-2H3,(H,21,22);1H. The van der Waals surface area contributed by atoms with Gasteiger partial charge in [0.1, 0.15) is 0 Å². The van der Waals surface area contributed by atoms with Crippen LogP contribution in [-0.2, 0) is 17.7 Å². The fourth-order valence-corrected chi connectivity index (χ4v) is 3.98. The lowest BCUT2D eigenvalue weighted by atomic mass is 10.00. The Labute approximate surface area is 175 Å². The Bertz CT molecular complexity index is 581. The molecule has 146 valence electrons. The minimum absolute atomic E-state index is 0. The molecule has 0 saturated carbocycles. The number of methoxy groups -OCH3 is 1. The summed E-state index contributed by atoms with van der Waals surface area (Å²) < 4.78 is 5.29. The van der Waals surface area contributed by atoms with Crippen LogP contribution in [0.4, 0.5) is 0 Å². The van der Waals surface area contributed by atoms with E-state index in [1.54, 1.807) is 7.11 Å². The molecule has 1 aromatic rings. The molecule has 0 amide bonds. The van der Waals surface area contributed by atoms with Crippen LogP contribution < -0.4 is 5.32 Å². The van der Waals surface area contributed by atoms with Crippen LogP contribution in [0.1, 0.15) is 24.0 Å². The second-order valence-electron chi connectivity index (χ2n) is 7.18. The molecule has 1 N–H and O–H groups in total. The minimum Gasteiger partial charge on any atom is -0.384 e. The van der Waals surface area contributed by atoms with Gasteiger partial charge in [0, 0.05) is 59.3 Å². The van der Waals surface area contributed by atoms with Crippen LogP contribution in [0, 0.1) is 5.92 Å². The first-order chi connectivity index (χ1) is 12.3. The molecule has 2 aliphatic rings. The summed E-state index contributed by atoms with van der Waals surface area (Å²) in [5, 5.41) is 3.54. The summed E-state index contributed by atoms with van der Waals surface area (Å²) in [5.41, 5.74) is 3.02. The monoisotopic (exact) mass is 472 g/mol. The van der Waals surface area contributed by atoms with Gasteiger partial charge in [-0.2, -0.15) is 0 Å². The van der Waals surface area contributed by atoms with Gasteiger partial charge in [-0.15, -0.1) is 24.0 Å². The van der Waals surface area contributed by atoms with Crippen LogP contribution in [-0.4, -0.2) is 69.2 Å². The van der Waals surface area contributed by atoms with E-state index < -0.39 is 0 Å². The molecule has 3 rings (SSSR count). The third kappa shape index (κ3) is 5.82. The Morgan fingerprint density at radius 3 is 2.85 bits per heavy atom. The summed E-state index contributed by atoms with van der Waals surface area (Å²) in [5.74, 6) is 1.68. The van der Waals surface area contributed by atoms with E-state index in [2.05, 4.69) is 44.4 Å². The number of ether oxygens (including phenoxy) is 1. The molecule has 1 unspecified atom stereocenters. The molecule has 26 heavy (non-hydrogen) atoms. The minimum atomic E-state index is 0. The molecule has 1 fully saturated rings. The highest BCUT2D eigenvalue weighted by Gasteiger charge is 2.24. The van der Waals surface area contributed by atoms with Gasteiger partial charge in [-0.25, -0.2) is 0 Å². The van der Waals surface area contributed by atoms with Crippen molar-refractivity contribution >= 4 is 29.9 Å². The first kappa shape index (κ1) is 21.4. The Kier molecular flexibility index (Phi) is 9.15. The summed E-state index contributed by atoms with van der Waals surface area (Å²) in [6.07, 6.45) is 3.53. The van der Waals surface area contributed by atoms with Crippen molar-refractivity contribution in [3.63, 3.8) is 0 Å². The van der Waals surface area contributed by atoms with E-state index in [0.717, 1.165) is 51.7 Å². The maximum atomic E-state index is 5.29. The highest BCUT2D eigenvalue weighted by atomic mass is 127. The van der Waals surface area contributed by atoms with E-state index in [1.165, 1.54) is 30.5 Å². The zero-order valence-corrected chi connectivity index (χ0v) is 18.4. The van der Waals surface area contributed by atoms with Gasteiger partial charge in [0.05, 0.1) is 6.61 Å². The average molecular weight is 472 g/mol. The third-order valence-electron chi connectivity index (χ3n) is 5.34. The van der Waals surface area contributed by atoms with Gasteiger partial charge in [-0.3, -0.25) is 9.89 Å². The molecule has 0 aliphatic carbocycles. The molecule has 1 aromatic carbocycles. The molecule has 0 radical (unpaired) electrons. The molecular formula is C20H33IN4O. The van der Waals surface area contributed by atoms with Gasteiger partial charge in [0.2, 0.25) is 0 Å². The lowest BCUT2D eigenvalue weighted by molar-refractivity contribution is 0.157. The molecular weight excluding hydrogens is 439 g/mol. The number of likely N-dealkylation sites (tertiary alicyclic amines) is 1. The smallest absolute Gasteiger partial charge is 0.193 e. The van der Waals surface area contributed by atoms with Crippen molar-refractivity contribution in [2.45, 2.75) is 25.8 Å². The summed E-state index contributed by atoms with van der Waals surface area (Å²) in [6, 6.07) is 8.84. The first-order valence-corrected chi connectivity index (χ1v) is 9.54. The molecule has 1 saturated heterocycles. The van der Waals surface area contributed by atoms with Crippen LogP contribution in [0.25, 0.3) is 0 Å². The fourth-order valence-electron chi connectivity index (χ4n) is 3.98. The van der Waals surface area contributed by atoms with Gasteiger partial charge < -0.3 is 15.0 Å². The van der Waals surface area contributed by atoms with Gasteiger partial charge in [0.15, 0.2) is 5.96 Å². The lowest BCUT2D eigenvalue weighted by Gasteiger charge is -2.29. The molecule has 2 heterocycles. The van der Waals surface area contributed by atoms with Crippen LogP contribution in [0.2, 0.25) is 0 Å². The summed E-state index contributed by atoms with van der Waals surface area (Å²) in [4.78, 5) is 9.38. The molecule has 2 aliphatic heterocycles. The number of guanidine groups is 1. The van der Waals surface area contributed by atoms with Gasteiger partial charge in [0.25, 0.3) is 0 Å². The van der Waals surface area contributed by atoms with E-state index in [4.69, 9.17) is 4.74 Å². The zero-order valence-electron chi connectivity index (χ0n) is 16.1. The summed E-state index contributed by atoms with van der Waals surface area (Å²) >= 11 is 0. The lowest BCUT2D eigenvalue weighted by Crippen LogP contribution is -2.41. The van der Waals surface area contributed by atoms with E-state index in [1.807, 2.05) is 7.05 Å². The van der Waals surface area contributed by atoms with Crippen LogP contribution in [0.15, 0.2) is 29.3 Å². The highest BCUT2D eigenvalue weighted by molar-refractivity contribution is 14.0. The normalized spacial score (nSPS) is 20.6. The predicted molar refractivity (Wildman–Crippen MR) is 118 cm³/mol. The summed E-state index contributed by atoms with van der Waals surface area (Å²) in [6.45, 7) is 7.38. The molecule has 0 spiro atoms. The van der Waals surface area contributed by atoms with Crippen molar-refractivity contribution in [3.8, 4) is 0 Å². The SMILES string of the molecule is CN=C(NCCCN1CCc2ccccc2C1)N1CCC(COC)C1.I. The van der Waals surface area contributed by atoms with Gasteiger partial charge >= 0.3 is 0 Å². The van der Waals surface area contributed by atoms with Crippen molar-refractivity contribution in [1.29, 1.82) is 0 Å². The highest BCUT2D eigenvalue weighted by Crippen LogP contribution is 2.18. The number of fused-ring (bicyclic) bond motifs is 1. The number of halogens is 1. The third-order valence-corrected chi connectivity index (χ3v) is 5.34. The molecule has 0 aromatic heterocycles. The molecule has 6 heteroatoms. The molecule has 0 bridgehead atoms. The maximum absolute atomic E-state index is 5.29. The van der Waals surface area contributed by atoms with E-state index in [-0.39, 0.29) is 24.0 Å². The van der Waals surface area contributed by atoms with Crippen LogP contribution in [0.3, 0.4) is 0 Å². The second-order valence-corrected chi connectivity index (χ2v) is 7.18. The van der Waals surface area contributed by atoms with E-state index in [0.29, 0.717) is 5.92 Å². The summed E-state index contributed by atoms with van der Waals surface area (Å²) in [7, 11) is 3.67. The van der Waals surface area contributed by atoms with Crippen LogP contribution in [0.5, 0.6) is 0 Å². The average Bonchev–Trinajstić information content (AvgIpc) is 3.10. The zero-order chi connectivity index (χ0) is 17.5. The van der Waals surface area contributed by atoms with Crippen LogP contribution >= 0.6 is 24.0 Å². The second kappa shape index (κ2) is 11.1. The van der Waals surface area contributed by atoms with Crippen molar-refractivity contribution in [3.05, 3.63) is 35.4 Å². The van der Waals surface area contributed by atoms with Gasteiger partial charge in [-0.05, 0) is 30.4 Å². The van der Waals surface area contributed by atoms with E-state index in [9.17, 15) is 0 Å². The topological polar surface area (TPSA) is 40.1 Å². The maximum Gasteiger partial charge on any atom is 0.193 e. The van der Waals surface area contributed by atoms with E-state index >= 15 is 0 Å². The number of hydrogen-bond acceptors (Lipinski definition) is 3. The Morgan fingerprint density at radius 1 is 1.27 bits per heavy atom. The number of nitrogens with zero attached hydrogens (tertiary/aromatic N) is 3. The molecule has 1 atom stereocenters. The van der Waals surface area contributed by atoms with Crippen molar-refractivity contribution in [1.82, 2.24) is 15.1 Å². The number of rotatable bonds is 6.